The fourth-order valence-electron chi connectivity index (χ4n) is 3.45. The Balaban J connectivity index is 1.48. The zero-order valence-corrected chi connectivity index (χ0v) is 18.8. The van der Waals surface area contributed by atoms with Crippen LogP contribution in [0.2, 0.25) is 0 Å². The van der Waals surface area contributed by atoms with E-state index in [4.69, 9.17) is 5.73 Å². The highest BCUT2D eigenvalue weighted by Crippen LogP contribution is 2.30. The Labute approximate surface area is 197 Å². The summed E-state index contributed by atoms with van der Waals surface area (Å²) < 4.78 is 4.67. The number of ether oxygens (including phenoxy) is 1. The zero-order chi connectivity index (χ0) is 24.1. The molecule has 1 heterocycles. The third-order valence-electron chi connectivity index (χ3n) is 5.33. The van der Waals surface area contributed by atoms with Gasteiger partial charge in [0, 0.05) is 5.56 Å². The number of nitrogens with two attached hydrogens (primary N) is 1. The molecule has 0 atom stereocenters. The highest BCUT2D eigenvalue weighted by atomic mass is 16.5. The van der Waals surface area contributed by atoms with Gasteiger partial charge in [0.1, 0.15) is 5.82 Å². The normalized spacial score (nSPS) is 10.4. The first-order chi connectivity index (χ1) is 16.4. The van der Waals surface area contributed by atoms with E-state index in [-0.39, 0.29) is 5.91 Å². The predicted molar refractivity (Wildman–Crippen MR) is 134 cm³/mol. The molecular weight excluding hydrogens is 428 g/mol. The van der Waals surface area contributed by atoms with E-state index in [2.05, 4.69) is 20.4 Å². The standard InChI is InChI=1S/C27H24N4O3/c1-17-23(30-24-16-21(12-13-22(24)28)18-6-4-3-5-7-18)14-15-25(29-17)31-26(32)19-8-10-20(11-9-19)27(33)34-2/h3-16,30H,28H2,1-2H3,(H,29,31,32). The van der Waals surface area contributed by atoms with Crippen molar-refractivity contribution in [2.45, 2.75) is 6.92 Å². The number of carbonyl (C=O) groups excluding carboxylic acids is 2. The van der Waals surface area contributed by atoms with Crippen LogP contribution in [0.3, 0.4) is 0 Å². The fraction of sp³-hybridized carbons (Fsp3) is 0.0741. The molecule has 0 saturated carbocycles. The zero-order valence-electron chi connectivity index (χ0n) is 18.8. The van der Waals surface area contributed by atoms with Gasteiger partial charge in [-0.1, -0.05) is 36.4 Å². The van der Waals surface area contributed by atoms with Crippen molar-refractivity contribution in [1.29, 1.82) is 0 Å². The number of benzene rings is 3. The second-order valence-corrected chi connectivity index (χ2v) is 7.65. The van der Waals surface area contributed by atoms with Crippen molar-refractivity contribution in [3.8, 4) is 11.1 Å². The second kappa shape index (κ2) is 9.87. The summed E-state index contributed by atoms with van der Waals surface area (Å²) in [5.74, 6) is -0.373. The van der Waals surface area contributed by atoms with E-state index in [0.29, 0.717) is 28.3 Å². The number of aromatic nitrogens is 1. The summed E-state index contributed by atoms with van der Waals surface area (Å²) in [5.41, 5.74) is 12.0. The molecule has 170 valence electrons. The van der Waals surface area contributed by atoms with Gasteiger partial charge in [-0.05, 0) is 66.6 Å². The minimum absolute atomic E-state index is 0.330. The average molecular weight is 453 g/mol. The fourth-order valence-corrected chi connectivity index (χ4v) is 3.45. The van der Waals surface area contributed by atoms with Crippen molar-refractivity contribution in [1.82, 2.24) is 4.98 Å². The number of hydrogen-bond acceptors (Lipinski definition) is 6. The number of aryl methyl sites for hydroxylation is 1. The summed E-state index contributed by atoms with van der Waals surface area (Å²) in [4.78, 5) is 28.6. The van der Waals surface area contributed by atoms with Crippen molar-refractivity contribution in [2.75, 3.05) is 23.5 Å². The van der Waals surface area contributed by atoms with Crippen LogP contribution in [-0.4, -0.2) is 24.0 Å². The molecule has 34 heavy (non-hydrogen) atoms. The van der Waals surface area contributed by atoms with Crippen LogP contribution in [0, 0.1) is 6.92 Å². The Morgan fingerprint density at radius 2 is 1.53 bits per heavy atom. The van der Waals surface area contributed by atoms with E-state index in [1.807, 2.05) is 61.5 Å². The molecule has 0 spiro atoms. The molecule has 1 aromatic heterocycles. The maximum atomic E-state index is 12.6. The largest absolute Gasteiger partial charge is 0.465 e. The number of nitrogens with zero attached hydrogens (tertiary/aromatic N) is 1. The van der Waals surface area contributed by atoms with Crippen LogP contribution < -0.4 is 16.4 Å². The van der Waals surface area contributed by atoms with Gasteiger partial charge in [0.15, 0.2) is 0 Å². The lowest BCUT2D eigenvalue weighted by molar-refractivity contribution is 0.0600. The maximum absolute atomic E-state index is 12.6. The molecule has 0 fully saturated rings. The van der Waals surface area contributed by atoms with E-state index in [1.54, 1.807) is 30.3 Å². The summed E-state index contributed by atoms with van der Waals surface area (Å²) in [7, 11) is 1.31. The molecule has 0 radical (unpaired) electrons. The molecule has 4 rings (SSSR count). The molecule has 3 aromatic carbocycles. The number of nitrogen functional groups attached to an aromatic ring is 1. The molecule has 0 aliphatic heterocycles. The molecule has 0 bridgehead atoms. The number of rotatable bonds is 6. The number of pyridine rings is 1. The maximum Gasteiger partial charge on any atom is 0.337 e. The Hall–Kier alpha value is -4.65. The smallest absolute Gasteiger partial charge is 0.337 e. The molecule has 0 saturated heterocycles. The van der Waals surface area contributed by atoms with Crippen molar-refractivity contribution >= 4 is 34.8 Å². The van der Waals surface area contributed by atoms with Gasteiger partial charge in [-0.3, -0.25) is 4.79 Å². The third-order valence-corrected chi connectivity index (χ3v) is 5.33. The van der Waals surface area contributed by atoms with E-state index < -0.39 is 5.97 Å². The van der Waals surface area contributed by atoms with Gasteiger partial charge in [-0.2, -0.15) is 0 Å². The quantitative estimate of drug-likeness (QED) is 0.266. The van der Waals surface area contributed by atoms with Crippen LogP contribution in [0.15, 0.2) is 84.9 Å². The van der Waals surface area contributed by atoms with Crippen molar-refractivity contribution in [2.24, 2.45) is 0 Å². The number of nitrogens with one attached hydrogen (secondary N) is 2. The number of hydrogen-bond donors (Lipinski definition) is 3. The van der Waals surface area contributed by atoms with Crippen molar-refractivity contribution < 1.29 is 14.3 Å². The lowest BCUT2D eigenvalue weighted by Gasteiger charge is -2.14. The van der Waals surface area contributed by atoms with E-state index in [9.17, 15) is 9.59 Å². The summed E-state index contributed by atoms with van der Waals surface area (Å²) in [6.45, 7) is 1.85. The van der Waals surface area contributed by atoms with E-state index in [0.717, 1.165) is 22.5 Å². The summed E-state index contributed by atoms with van der Waals surface area (Å²) in [5, 5.41) is 6.12. The Morgan fingerprint density at radius 3 is 2.21 bits per heavy atom. The molecule has 0 aliphatic carbocycles. The van der Waals surface area contributed by atoms with Crippen LogP contribution in [0.5, 0.6) is 0 Å². The van der Waals surface area contributed by atoms with Gasteiger partial charge in [0.2, 0.25) is 0 Å². The van der Waals surface area contributed by atoms with Crippen LogP contribution in [0.1, 0.15) is 26.4 Å². The van der Waals surface area contributed by atoms with Gasteiger partial charge in [0.05, 0.1) is 35.4 Å². The van der Waals surface area contributed by atoms with Gasteiger partial charge in [-0.15, -0.1) is 0 Å². The number of amides is 1. The first kappa shape index (κ1) is 22.5. The highest BCUT2D eigenvalue weighted by molar-refractivity contribution is 6.04. The van der Waals surface area contributed by atoms with E-state index in [1.165, 1.54) is 7.11 Å². The molecule has 0 aliphatic rings. The summed E-state index contributed by atoms with van der Waals surface area (Å²) in [6, 6.07) is 25.7. The molecular formula is C27H24N4O3. The first-order valence-electron chi connectivity index (χ1n) is 10.6. The highest BCUT2D eigenvalue weighted by Gasteiger charge is 2.12. The molecule has 0 unspecified atom stereocenters. The third kappa shape index (κ3) is 5.05. The molecule has 7 heteroatoms. The van der Waals surface area contributed by atoms with Crippen LogP contribution >= 0.6 is 0 Å². The van der Waals surface area contributed by atoms with Crippen LogP contribution in [-0.2, 0) is 4.74 Å². The lowest BCUT2D eigenvalue weighted by atomic mass is 10.0. The van der Waals surface area contributed by atoms with Gasteiger partial charge in [-0.25, -0.2) is 9.78 Å². The molecule has 1 amide bonds. The van der Waals surface area contributed by atoms with Crippen LogP contribution in [0.25, 0.3) is 11.1 Å². The van der Waals surface area contributed by atoms with Crippen molar-refractivity contribution in [3.63, 3.8) is 0 Å². The number of anilines is 4. The number of methoxy groups -OCH3 is 1. The Bertz CT molecular complexity index is 1340. The number of carbonyl (C=O) groups is 2. The SMILES string of the molecule is COC(=O)c1ccc(C(=O)Nc2ccc(Nc3cc(-c4ccccc4)ccc3N)c(C)n2)cc1. The Kier molecular flexibility index (Phi) is 6.54. The minimum atomic E-state index is -0.456. The predicted octanol–water partition coefficient (Wildman–Crippen LogP) is 5.42. The summed E-state index contributed by atoms with van der Waals surface area (Å²) >= 11 is 0. The van der Waals surface area contributed by atoms with Gasteiger partial charge < -0.3 is 21.1 Å². The van der Waals surface area contributed by atoms with Crippen LogP contribution in [0.4, 0.5) is 22.9 Å². The molecule has 4 N–H and O–H groups in total. The number of esters is 1. The second-order valence-electron chi connectivity index (χ2n) is 7.65. The summed E-state index contributed by atoms with van der Waals surface area (Å²) in [6.07, 6.45) is 0. The van der Waals surface area contributed by atoms with E-state index >= 15 is 0 Å². The monoisotopic (exact) mass is 452 g/mol. The lowest BCUT2D eigenvalue weighted by Crippen LogP contribution is -2.14. The van der Waals surface area contributed by atoms with Crippen molar-refractivity contribution in [3.05, 3.63) is 102 Å². The minimum Gasteiger partial charge on any atom is -0.465 e. The Morgan fingerprint density at radius 1 is 0.824 bits per heavy atom. The van der Waals surface area contributed by atoms with Gasteiger partial charge >= 0.3 is 5.97 Å². The molecule has 7 nitrogen and oxygen atoms in total. The average Bonchev–Trinajstić information content (AvgIpc) is 2.87. The molecule has 4 aromatic rings. The van der Waals surface area contributed by atoms with Gasteiger partial charge in [0.25, 0.3) is 5.91 Å². The topological polar surface area (TPSA) is 106 Å². The first-order valence-corrected chi connectivity index (χ1v) is 10.6.